The Hall–Kier alpha value is -1.60. The highest BCUT2D eigenvalue weighted by molar-refractivity contribution is 5.37. The van der Waals surface area contributed by atoms with E-state index in [0.717, 1.165) is 6.07 Å². The molecular formula is C13H18F2N2O3. The van der Waals surface area contributed by atoms with Crippen LogP contribution in [0.3, 0.4) is 0 Å². The Morgan fingerprint density at radius 1 is 1.25 bits per heavy atom. The fourth-order valence-corrected chi connectivity index (χ4v) is 1.39. The maximum absolute atomic E-state index is 13.6. The highest BCUT2D eigenvalue weighted by Gasteiger charge is 2.34. The van der Waals surface area contributed by atoms with Gasteiger partial charge < -0.3 is 10.4 Å². The van der Waals surface area contributed by atoms with Crippen LogP contribution in [0.1, 0.15) is 33.3 Å². The van der Waals surface area contributed by atoms with Crippen molar-refractivity contribution >= 4 is 5.69 Å². The van der Waals surface area contributed by atoms with Gasteiger partial charge in [-0.2, -0.15) is 4.39 Å². The fraction of sp³-hybridized carbons (Fsp3) is 0.538. The predicted octanol–water partition coefficient (Wildman–Crippen LogP) is 2.51. The minimum atomic E-state index is -1.21. The molecule has 0 heterocycles. The number of halogens is 2. The quantitative estimate of drug-likeness (QED) is 0.645. The average Bonchev–Trinajstić information content (AvgIpc) is 2.25. The molecule has 1 rings (SSSR count). The lowest BCUT2D eigenvalue weighted by Crippen LogP contribution is -2.55. The number of nitrogens with one attached hydrogen (secondary N) is 1. The van der Waals surface area contributed by atoms with Gasteiger partial charge in [0.1, 0.15) is 5.82 Å². The second-order valence-electron chi connectivity index (χ2n) is 5.69. The van der Waals surface area contributed by atoms with E-state index in [1.807, 2.05) is 0 Å². The number of nitrogens with zero attached hydrogens (tertiary/aromatic N) is 1. The standard InChI is InChI=1S/C13H18F2N2O3/c1-12(2,13(3,4)18)16-7-8-5-11(17(19)20)10(15)6-9(8)14/h5-6,16,18H,7H2,1-4H3. The van der Waals surface area contributed by atoms with Gasteiger partial charge in [0.15, 0.2) is 0 Å². The molecule has 0 aliphatic carbocycles. The van der Waals surface area contributed by atoms with Crippen LogP contribution in [0.5, 0.6) is 0 Å². The lowest BCUT2D eigenvalue weighted by molar-refractivity contribution is -0.387. The molecule has 20 heavy (non-hydrogen) atoms. The van der Waals surface area contributed by atoms with E-state index >= 15 is 0 Å². The first-order valence-corrected chi connectivity index (χ1v) is 6.05. The van der Waals surface area contributed by atoms with E-state index < -0.39 is 33.4 Å². The van der Waals surface area contributed by atoms with E-state index in [-0.39, 0.29) is 12.1 Å². The summed E-state index contributed by atoms with van der Waals surface area (Å²) in [6.45, 7) is 6.53. The number of aliphatic hydroxyl groups is 1. The van der Waals surface area contributed by atoms with E-state index in [2.05, 4.69) is 5.32 Å². The van der Waals surface area contributed by atoms with Crippen LogP contribution in [-0.2, 0) is 6.54 Å². The molecule has 1 aromatic carbocycles. The van der Waals surface area contributed by atoms with Gasteiger partial charge >= 0.3 is 5.69 Å². The molecule has 112 valence electrons. The highest BCUT2D eigenvalue weighted by Crippen LogP contribution is 2.24. The molecule has 0 amide bonds. The number of nitro benzene ring substituents is 1. The Balaban J connectivity index is 3.00. The zero-order chi connectivity index (χ0) is 15.7. The Morgan fingerprint density at radius 3 is 2.25 bits per heavy atom. The molecule has 0 aliphatic heterocycles. The fourth-order valence-electron chi connectivity index (χ4n) is 1.39. The summed E-state index contributed by atoms with van der Waals surface area (Å²) >= 11 is 0. The van der Waals surface area contributed by atoms with Crippen molar-refractivity contribution < 1.29 is 18.8 Å². The SMILES string of the molecule is CC(C)(O)C(C)(C)NCc1cc([N+](=O)[O-])c(F)cc1F. The van der Waals surface area contributed by atoms with Crippen LogP contribution in [-0.4, -0.2) is 21.2 Å². The van der Waals surface area contributed by atoms with E-state index in [4.69, 9.17) is 0 Å². The second-order valence-corrected chi connectivity index (χ2v) is 5.69. The summed E-state index contributed by atoms with van der Waals surface area (Å²) in [6, 6.07) is 1.35. The number of hydrogen-bond acceptors (Lipinski definition) is 4. The minimum Gasteiger partial charge on any atom is -0.389 e. The summed E-state index contributed by atoms with van der Waals surface area (Å²) in [5, 5.41) is 23.5. The van der Waals surface area contributed by atoms with Gasteiger partial charge in [-0.15, -0.1) is 0 Å². The smallest absolute Gasteiger partial charge is 0.305 e. The van der Waals surface area contributed by atoms with Crippen molar-refractivity contribution in [3.05, 3.63) is 39.4 Å². The van der Waals surface area contributed by atoms with Crippen molar-refractivity contribution in [1.29, 1.82) is 0 Å². The molecule has 0 radical (unpaired) electrons. The van der Waals surface area contributed by atoms with Gasteiger partial charge in [-0.1, -0.05) is 0 Å². The van der Waals surface area contributed by atoms with Gasteiger partial charge in [0.25, 0.3) is 0 Å². The third-order valence-corrected chi connectivity index (χ3v) is 3.56. The second kappa shape index (κ2) is 5.41. The first kappa shape index (κ1) is 16.5. The highest BCUT2D eigenvalue weighted by atomic mass is 19.1. The van der Waals surface area contributed by atoms with Gasteiger partial charge in [0, 0.05) is 29.8 Å². The maximum atomic E-state index is 13.6. The van der Waals surface area contributed by atoms with E-state index in [0.29, 0.717) is 6.07 Å². The molecule has 0 atom stereocenters. The number of benzene rings is 1. The zero-order valence-corrected chi connectivity index (χ0v) is 11.8. The first-order chi connectivity index (χ1) is 8.95. The van der Waals surface area contributed by atoms with E-state index in [9.17, 15) is 24.0 Å². The van der Waals surface area contributed by atoms with Crippen LogP contribution >= 0.6 is 0 Å². The lowest BCUT2D eigenvalue weighted by atomic mass is 9.86. The van der Waals surface area contributed by atoms with Crippen molar-refractivity contribution in [2.45, 2.75) is 45.4 Å². The normalized spacial score (nSPS) is 12.6. The Bertz CT molecular complexity index is 525. The molecule has 2 N–H and O–H groups in total. The van der Waals surface area contributed by atoms with Gasteiger partial charge in [-0.3, -0.25) is 10.1 Å². The molecule has 0 spiro atoms. The number of nitro groups is 1. The van der Waals surface area contributed by atoms with Gasteiger partial charge in [0.2, 0.25) is 5.82 Å². The molecule has 0 unspecified atom stereocenters. The van der Waals surface area contributed by atoms with Gasteiger partial charge in [-0.05, 0) is 27.7 Å². The summed E-state index contributed by atoms with van der Waals surface area (Å²) in [4.78, 5) is 9.73. The third-order valence-electron chi connectivity index (χ3n) is 3.56. The van der Waals surface area contributed by atoms with Crippen LogP contribution in [0.15, 0.2) is 12.1 Å². The van der Waals surface area contributed by atoms with Crippen molar-refractivity contribution in [2.24, 2.45) is 0 Å². The molecule has 0 bridgehead atoms. The Labute approximate surface area is 115 Å². The molecule has 0 saturated carbocycles. The van der Waals surface area contributed by atoms with E-state index in [1.54, 1.807) is 27.7 Å². The maximum Gasteiger partial charge on any atom is 0.305 e. The predicted molar refractivity (Wildman–Crippen MR) is 70.2 cm³/mol. The summed E-state index contributed by atoms with van der Waals surface area (Å²) < 4.78 is 26.8. The average molecular weight is 288 g/mol. The largest absolute Gasteiger partial charge is 0.389 e. The van der Waals surface area contributed by atoms with Gasteiger partial charge in [0.05, 0.1) is 10.5 Å². The van der Waals surface area contributed by atoms with Crippen LogP contribution in [0.4, 0.5) is 14.5 Å². The van der Waals surface area contributed by atoms with Crippen LogP contribution < -0.4 is 5.32 Å². The van der Waals surface area contributed by atoms with Crippen molar-refractivity contribution in [3.8, 4) is 0 Å². The third kappa shape index (κ3) is 3.49. The lowest BCUT2D eigenvalue weighted by Gasteiger charge is -2.38. The topological polar surface area (TPSA) is 75.4 Å². The van der Waals surface area contributed by atoms with Crippen molar-refractivity contribution in [3.63, 3.8) is 0 Å². The molecule has 0 fully saturated rings. The molecular weight excluding hydrogens is 270 g/mol. The summed E-state index contributed by atoms with van der Waals surface area (Å²) in [6.07, 6.45) is 0. The Kier molecular flexibility index (Phi) is 4.45. The molecule has 0 aliphatic rings. The summed E-state index contributed by atoms with van der Waals surface area (Å²) in [5.74, 6) is -2.08. The van der Waals surface area contributed by atoms with Gasteiger partial charge in [-0.25, -0.2) is 4.39 Å². The van der Waals surface area contributed by atoms with Crippen LogP contribution in [0, 0.1) is 21.7 Å². The number of hydrogen-bond donors (Lipinski definition) is 2. The van der Waals surface area contributed by atoms with Crippen LogP contribution in [0.25, 0.3) is 0 Å². The molecule has 0 saturated heterocycles. The molecule has 0 aromatic heterocycles. The summed E-state index contributed by atoms with van der Waals surface area (Å²) in [7, 11) is 0. The first-order valence-electron chi connectivity index (χ1n) is 6.05. The zero-order valence-electron chi connectivity index (χ0n) is 11.8. The molecule has 1 aromatic rings. The van der Waals surface area contributed by atoms with Crippen molar-refractivity contribution in [2.75, 3.05) is 0 Å². The molecule has 5 nitrogen and oxygen atoms in total. The monoisotopic (exact) mass is 288 g/mol. The van der Waals surface area contributed by atoms with Crippen LogP contribution in [0.2, 0.25) is 0 Å². The van der Waals surface area contributed by atoms with Crippen molar-refractivity contribution in [1.82, 2.24) is 5.32 Å². The minimum absolute atomic E-state index is 0.0320. The number of rotatable bonds is 5. The summed E-state index contributed by atoms with van der Waals surface area (Å²) in [5.41, 5.74) is -2.66. The van der Waals surface area contributed by atoms with E-state index in [1.165, 1.54) is 0 Å². The Morgan fingerprint density at radius 2 is 1.80 bits per heavy atom. The molecule has 7 heteroatoms.